The summed E-state index contributed by atoms with van der Waals surface area (Å²) in [6.45, 7) is 4.45. The zero-order chi connectivity index (χ0) is 11.7. The highest BCUT2D eigenvalue weighted by atomic mass is 16.4. The van der Waals surface area contributed by atoms with Gasteiger partial charge in [-0.05, 0) is 12.8 Å². The Morgan fingerprint density at radius 1 is 1.60 bits per heavy atom. The molecule has 0 fully saturated rings. The molecular formula is C12H19NO2. The summed E-state index contributed by atoms with van der Waals surface area (Å²) in [4.78, 5) is 10.7. The largest absolute Gasteiger partial charge is 0.478 e. The highest BCUT2D eigenvalue weighted by Gasteiger charge is 2.05. The molecule has 2 N–H and O–H groups in total. The Balaban J connectivity index is 4.04. The van der Waals surface area contributed by atoms with Crippen LogP contribution in [-0.4, -0.2) is 23.7 Å². The predicted octanol–water partition coefficient (Wildman–Crippen LogP) is 1.80. The first-order valence-corrected chi connectivity index (χ1v) is 5.24. The van der Waals surface area contributed by atoms with Crippen LogP contribution in [0, 0.1) is 12.3 Å². The third kappa shape index (κ3) is 5.92. The summed E-state index contributed by atoms with van der Waals surface area (Å²) in [6.07, 6.45) is 9.10. The number of hydrogen-bond donors (Lipinski definition) is 2. The number of nitrogens with one attached hydrogen (secondary N) is 1. The predicted molar refractivity (Wildman–Crippen MR) is 61.5 cm³/mol. The number of hydrogen-bond acceptors (Lipinski definition) is 2. The van der Waals surface area contributed by atoms with E-state index in [-0.39, 0.29) is 6.04 Å². The molecule has 3 heteroatoms. The maximum Gasteiger partial charge on any atom is 0.331 e. The fraction of sp³-hybridized carbons (Fsp3) is 0.583. The Morgan fingerprint density at radius 3 is 2.67 bits per heavy atom. The standard InChI is InChI=1S/C12H19NO2/c1-4-7-11(6-3)13-9-8-10(5-2)12(14)15/h1,8,11,13H,5-7,9H2,2-3H3,(H,14,15)/b10-8-. The Morgan fingerprint density at radius 2 is 2.27 bits per heavy atom. The highest BCUT2D eigenvalue weighted by Crippen LogP contribution is 2.00. The van der Waals surface area contributed by atoms with Crippen LogP contribution < -0.4 is 5.32 Å². The van der Waals surface area contributed by atoms with Crippen molar-refractivity contribution in [3.63, 3.8) is 0 Å². The molecule has 0 spiro atoms. The van der Waals surface area contributed by atoms with Crippen LogP contribution in [0.2, 0.25) is 0 Å². The molecule has 3 nitrogen and oxygen atoms in total. The number of terminal acetylenes is 1. The quantitative estimate of drug-likeness (QED) is 0.496. The van der Waals surface area contributed by atoms with E-state index in [9.17, 15) is 4.79 Å². The average molecular weight is 209 g/mol. The molecule has 15 heavy (non-hydrogen) atoms. The molecule has 0 aromatic rings. The maximum atomic E-state index is 10.7. The summed E-state index contributed by atoms with van der Waals surface area (Å²) in [5.74, 6) is 1.75. The van der Waals surface area contributed by atoms with Crippen molar-refractivity contribution in [2.24, 2.45) is 0 Å². The molecule has 0 amide bonds. The van der Waals surface area contributed by atoms with Crippen molar-refractivity contribution in [2.45, 2.75) is 39.2 Å². The lowest BCUT2D eigenvalue weighted by Gasteiger charge is -2.12. The number of carboxylic acid groups (broad SMARTS) is 1. The monoisotopic (exact) mass is 209 g/mol. The molecule has 84 valence electrons. The molecule has 0 radical (unpaired) electrons. The Bertz CT molecular complexity index is 263. The summed E-state index contributed by atoms with van der Waals surface area (Å²) in [6, 6.07) is 0.276. The van der Waals surface area contributed by atoms with Crippen LogP contribution in [0.5, 0.6) is 0 Å². The zero-order valence-corrected chi connectivity index (χ0v) is 9.42. The lowest BCUT2D eigenvalue weighted by Crippen LogP contribution is -2.28. The van der Waals surface area contributed by atoms with Crippen LogP contribution in [0.1, 0.15) is 33.1 Å². The van der Waals surface area contributed by atoms with Gasteiger partial charge >= 0.3 is 5.97 Å². The van der Waals surface area contributed by atoms with E-state index in [2.05, 4.69) is 18.2 Å². The molecule has 0 aliphatic heterocycles. The van der Waals surface area contributed by atoms with Crippen molar-refractivity contribution in [3.8, 4) is 12.3 Å². The van der Waals surface area contributed by atoms with E-state index in [1.807, 2.05) is 6.92 Å². The first-order chi connectivity index (χ1) is 7.15. The van der Waals surface area contributed by atoms with E-state index in [0.29, 0.717) is 25.0 Å². The van der Waals surface area contributed by atoms with E-state index >= 15 is 0 Å². The second-order valence-corrected chi connectivity index (χ2v) is 3.31. The normalized spacial score (nSPS) is 13.3. The van der Waals surface area contributed by atoms with Gasteiger partial charge < -0.3 is 10.4 Å². The van der Waals surface area contributed by atoms with Crippen molar-refractivity contribution >= 4 is 5.97 Å². The van der Waals surface area contributed by atoms with Crippen LogP contribution in [0.3, 0.4) is 0 Å². The first-order valence-electron chi connectivity index (χ1n) is 5.24. The summed E-state index contributed by atoms with van der Waals surface area (Å²) < 4.78 is 0. The van der Waals surface area contributed by atoms with E-state index in [1.54, 1.807) is 6.08 Å². The van der Waals surface area contributed by atoms with E-state index < -0.39 is 5.97 Å². The summed E-state index contributed by atoms with van der Waals surface area (Å²) in [7, 11) is 0. The minimum atomic E-state index is -0.843. The fourth-order valence-corrected chi connectivity index (χ4v) is 1.23. The molecule has 0 rings (SSSR count). The molecule has 0 saturated carbocycles. The number of carbonyl (C=O) groups is 1. The molecule has 0 heterocycles. The van der Waals surface area contributed by atoms with Gasteiger partial charge in [0.25, 0.3) is 0 Å². The average Bonchev–Trinajstić information content (AvgIpc) is 2.22. The van der Waals surface area contributed by atoms with E-state index in [4.69, 9.17) is 11.5 Å². The summed E-state index contributed by atoms with van der Waals surface area (Å²) in [5, 5.41) is 12.0. The van der Waals surface area contributed by atoms with Crippen molar-refractivity contribution in [1.29, 1.82) is 0 Å². The second-order valence-electron chi connectivity index (χ2n) is 3.31. The molecule has 0 aliphatic rings. The fourth-order valence-electron chi connectivity index (χ4n) is 1.23. The second kappa shape index (κ2) is 8.07. The molecule has 0 saturated heterocycles. The Kier molecular flexibility index (Phi) is 7.39. The van der Waals surface area contributed by atoms with Gasteiger partial charge in [0.1, 0.15) is 0 Å². The molecule has 0 aliphatic carbocycles. The number of aliphatic carboxylic acids is 1. The Hall–Kier alpha value is -1.27. The van der Waals surface area contributed by atoms with Crippen LogP contribution in [0.15, 0.2) is 11.6 Å². The van der Waals surface area contributed by atoms with Crippen LogP contribution in [-0.2, 0) is 4.79 Å². The van der Waals surface area contributed by atoms with Gasteiger partial charge in [-0.3, -0.25) is 0 Å². The van der Waals surface area contributed by atoms with Gasteiger partial charge in [0.05, 0.1) is 0 Å². The van der Waals surface area contributed by atoms with Gasteiger partial charge in [-0.1, -0.05) is 19.9 Å². The number of carboxylic acids is 1. The van der Waals surface area contributed by atoms with Crippen molar-refractivity contribution in [2.75, 3.05) is 6.54 Å². The highest BCUT2D eigenvalue weighted by molar-refractivity contribution is 5.86. The lowest BCUT2D eigenvalue weighted by atomic mass is 10.1. The molecule has 0 bridgehead atoms. The van der Waals surface area contributed by atoms with Crippen LogP contribution in [0.4, 0.5) is 0 Å². The van der Waals surface area contributed by atoms with Crippen LogP contribution in [0.25, 0.3) is 0 Å². The minimum Gasteiger partial charge on any atom is -0.478 e. The topological polar surface area (TPSA) is 49.3 Å². The van der Waals surface area contributed by atoms with Gasteiger partial charge in [0.15, 0.2) is 0 Å². The third-order valence-corrected chi connectivity index (χ3v) is 2.27. The first kappa shape index (κ1) is 13.7. The van der Waals surface area contributed by atoms with Gasteiger partial charge in [-0.2, -0.15) is 0 Å². The van der Waals surface area contributed by atoms with Gasteiger partial charge in [0.2, 0.25) is 0 Å². The van der Waals surface area contributed by atoms with E-state index in [0.717, 1.165) is 6.42 Å². The SMILES string of the molecule is C#CCC(CC)NC/C=C(/CC)C(=O)O. The minimum absolute atomic E-state index is 0.276. The molecular weight excluding hydrogens is 190 g/mol. The van der Waals surface area contributed by atoms with Gasteiger partial charge in [-0.25, -0.2) is 4.79 Å². The van der Waals surface area contributed by atoms with Crippen molar-refractivity contribution in [3.05, 3.63) is 11.6 Å². The molecule has 0 aromatic heterocycles. The van der Waals surface area contributed by atoms with Crippen molar-refractivity contribution in [1.82, 2.24) is 5.32 Å². The molecule has 1 unspecified atom stereocenters. The number of rotatable bonds is 7. The molecule has 0 aromatic carbocycles. The summed E-state index contributed by atoms with van der Waals surface area (Å²) >= 11 is 0. The Labute approximate surface area is 91.6 Å². The zero-order valence-electron chi connectivity index (χ0n) is 9.42. The van der Waals surface area contributed by atoms with E-state index in [1.165, 1.54) is 0 Å². The van der Waals surface area contributed by atoms with Crippen LogP contribution >= 0.6 is 0 Å². The smallest absolute Gasteiger partial charge is 0.331 e. The van der Waals surface area contributed by atoms with Gasteiger partial charge in [-0.15, -0.1) is 12.3 Å². The lowest BCUT2D eigenvalue weighted by molar-refractivity contribution is -0.132. The molecule has 1 atom stereocenters. The van der Waals surface area contributed by atoms with Crippen molar-refractivity contribution < 1.29 is 9.90 Å². The van der Waals surface area contributed by atoms with Gasteiger partial charge in [0, 0.05) is 24.6 Å². The third-order valence-electron chi connectivity index (χ3n) is 2.27. The summed E-state index contributed by atoms with van der Waals surface area (Å²) in [5.41, 5.74) is 0.443. The maximum absolute atomic E-state index is 10.7.